The van der Waals surface area contributed by atoms with Gasteiger partial charge >= 0.3 is 0 Å². The van der Waals surface area contributed by atoms with E-state index in [4.69, 9.17) is 0 Å². The molecule has 1 aliphatic rings. The summed E-state index contributed by atoms with van der Waals surface area (Å²) in [5, 5.41) is 2.64. The lowest BCUT2D eigenvalue weighted by Gasteiger charge is -2.48. The molecular formula is C29H30N+. The van der Waals surface area contributed by atoms with Crippen molar-refractivity contribution in [1.29, 1.82) is 0 Å². The maximum absolute atomic E-state index is 2.46. The first-order valence-electron chi connectivity index (χ1n) is 10.9. The van der Waals surface area contributed by atoms with Gasteiger partial charge in [0.2, 0.25) is 5.69 Å². The Kier molecular flexibility index (Phi) is 3.99. The van der Waals surface area contributed by atoms with Crippen molar-refractivity contribution in [3.63, 3.8) is 0 Å². The molecule has 1 heterocycles. The second-order valence-corrected chi connectivity index (χ2v) is 9.90. The lowest BCUT2D eigenvalue weighted by molar-refractivity contribution is -0.660. The van der Waals surface area contributed by atoms with E-state index in [0.29, 0.717) is 0 Å². The van der Waals surface area contributed by atoms with Crippen LogP contribution in [0.3, 0.4) is 0 Å². The number of rotatable bonds is 1. The van der Waals surface area contributed by atoms with E-state index in [9.17, 15) is 0 Å². The molecule has 0 N–H and O–H groups in total. The largest absolute Gasteiger partial charge is 0.212 e. The van der Waals surface area contributed by atoms with E-state index in [1.165, 1.54) is 49.8 Å². The lowest BCUT2D eigenvalue weighted by Crippen LogP contribution is -2.43. The van der Waals surface area contributed by atoms with Crippen molar-refractivity contribution in [2.75, 3.05) is 0 Å². The van der Waals surface area contributed by atoms with Crippen LogP contribution in [-0.4, -0.2) is 0 Å². The fourth-order valence-corrected chi connectivity index (χ4v) is 5.18. The van der Waals surface area contributed by atoms with Gasteiger partial charge < -0.3 is 0 Å². The molecular weight excluding hydrogens is 362 g/mol. The Labute approximate surface area is 180 Å². The van der Waals surface area contributed by atoms with Gasteiger partial charge in [-0.3, -0.25) is 0 Å². The van der Waals surface area contributed by atoms with Gasteiger partial charge in [-0.25, -0.2) is 4.57 Å². The standard InChI is InChI=1S/C29H30N/c1-19-15-23-24-16-20-11-7-8-12-21(20)17-25(24)28(2,3)29(4,5)26(23)18-22(19)27-13-9-10-14-30(27)6/h7-18H,1-6H3/q+1. The van der Waals surface area contributed by atoms with Crippen molar-refractivity contribution in [1.82, 2.24) is 0 Å². The minimum atomic E-state index is 0.00753. The Morgan fingerprint density at radius 1 is 0.633 bits per heavy atom. The summed E-state index contributed by atoms with van der Waals surface area (Å²) in [5.41, 5.74) is 9.61. The Morgan fingerprint density at radius 3 is 1.87 bits per heavy atom. The van der Waals surface area contributed by atoms with Crippen LogP contribution < -0.4 is 4.57 Å². The molecule has 1 heteroatoms. The Bertz CT molecular complexity index is 1310. The number of benzene rings is 3. The molecule has 0 saturated carbocycles. The zero-order chi connectivity index (χ0) is 21.3. The first kappa shape index (κ1) is 19.1. The van der Waals surface area contributed by atoms with Gasteiger partial charge in [0.25, 0.3) is 0 Å². The summed E-state index contributed by atoms with van der Waals surface area (Å²) in [6.07, 6.45) is 2.13. The van der Waals surface area contributed by atoms with Gasteiger partial charge in [-0.1, -0.05) is 58.0 Å². The smallest absolute Gasteiger partial charge is 0.201 e. The number of fused-ring (bicyclic) bond motifs is 4. The topological polar surface area (TPSA) is 3.88 Å². The highest BCUT2D eigenvalue weighted by Gasteiger charge is 2.46. The first-order chi connectivity index (χ1) is 14.2. The van der Waals surface area contributed by atoms with Crippen LogP contribution in [0.2, 0.25) is 0 Å². The van der Waals surface area contributed by atoms with Crippen molar-refractivity contribution < 1.29 is 4.57 Å². The SMILES string of the molecule is Cc1cc2c(cc1-c1cccc[n+]1C)C(C)(C)C(C)(C)c1cc3ccccc3cc1-2. The third kappa shape index (κ3) is 2.51. The highest BCUT2D eigenvalue weighted by molar-refractivity contribution is 5.92. The van der Waals surface area contributed by atoms with Gasteiger partial charge in [0, 0.05) is 17.7 Å². The Balaban J connectivity index is 1.87. The van der Waals surface area contributed by atoms with E-state index < -0.39 is 0 Å². The van der Waals surface area contributed by atoms with Gasteiger partial charge in [0.15, 0.2) is 6.20 Å². The lowest BCUT2D eigenvalue weighted by atomic mass is 9.55. The number of hydrogen-bond acceptors (Lipinski definition) is 0. The van der Waals surface area contributed by atoms with Gasteiger partial charge in [-0.05, 0) is 80.6 Å². The summed E-state index contributed by atoms with van der Waals surface area (Å²) in [6.45, 7) is 11.9. The van der Waals surface area contributed by atoms with Crippen LogP contribution in [0.5, 0.6) is 0 Å². The predicted molar refractivity (Wildman–Crippen MR) is 127 cm³/mol. The van der Waals surface area contributed by atoms with E-state index >= 15 is 0 Å². The van der Waals surface area contributed by atoms with Crippen LogP contribution in [0, 0.1) is 6.92 Å². The van der Waals surface area contributed by atoms with Crippen LogP contribution >= 0.6 is 0 Å². The zero-order valence-electron chi connectivity index (χ0n) is 18.9. The summed E-state index contributed by atoms with van der Waals surface area (Å²) < 4.78 is 2.22. The van der Waals surface area contributed by atoms with Crippen LogP contribution in [-0.2, 0) is 17.9 Å². The van der Waals surface area contributed by atoms with Gasteiger partial charge in [-0.2, -0.15) is 0 Å². The normalized spacial score (nSPS) is 16.2. The van der Waals surface area contributed by atoms with Crippen LogP contribution in [0.4, 0.5) is 0 Å². The molecule has 4 aromatic rings. The molecule has 0 saturated heterocycles. The number of pyridine rings is 1. The van der Waals surface area contributed by atoms with Gasteiger partial charge in [0.05, 0.1) is 0 Å². The molecule has 0 unspecified atom stereocenters. The van der Waals surface area contributed by atoms with E-state index in [0.717, 1.165) is 0 Å². The molecule has 0 bridgehead atoms. The number of hydrogen-bond donors (Lipinski definition) is 0. The number of aryl methyl sites for hydroxylation is 2. The van der Waals surface area contributed by atoms with Crippen molar-refractivity contribution in [3.8, 4) is 22.4 Å². The monoisotopic (exact) mass is 392 g/mol. The second-order valence-electron chi connectivity index (χ2n) is 9.90. The molecule has 3 aromatic carbocycles. The number of nitrogens with zero attached hydrogens (tertiary/aromatic N) is 1. The Hall–Kier alpha value is -2.93. The second kappa shape index (κ2) is 6.28. The fourth-order valence-electron chi connectivity index (χ4n) is 5.18. The molecule has 5 rings (SSSR count). The molecule has 0 amide bonds. The molecule has 1 aliphatic carbocycles. The van der Waals surface area contributed by atoms with Crippen molar-refractivity contribution in [2.45, 2.75) is 45.4 Å². The van der Waals surface area contributed by atoms with E-state index in [2.05, 4.69) is 119 Å². The minimum absolute atomic E-state index is 0.00753. The molecule has 0 aliphatic heterocycles. The fraction of sp³-hybridized carbons (Fsp3) is 0.276. The summed E-state index contributed by atoms with van der Waals surface area (Å²) in [6, 6.07) is 24.9. The highest BCUT2D eigenvalue weighted by Crippen LogP contribution is 2.55. The molecule has 0 atom stereocenters. The van der Waals surface area contributed by atoms with Crippen LogP contribution in [0.1, 0.15) is 44.4 Å². The zero-order valence-corrected chi connectivity index (χ0v) is 18.9. The molecule has 30 heavy (non-hydrogen) atoms. The third-order valence-electron chi connectivity index (χ3n) is 7.78. The summed E-state index contributed by atoms with van der Waals surface area (Å²) in [4.78, 5) is 0. The maximum atomic E-state index is 2.46. The molecule has 1 nitrogen and oxygen atoms in total. The minimum Gasteiger partial charge on any atom is -0.201 e. The quantitative estimate of drug-likeness (QED) is 0.311. The molecule has 0 radical (unpaired) electrons. The molecule has 0 fully saturated rings. The van der Waals surface area contributed by atoms with E-state index in [1.54, 1.807) is 0 Å². The van der Waals surface area contributed by atoms with E-state index in [-0.39, 0.29) is 10.8 Å². The van der Waals surface area contributed by atoms with Crippen LogP contribution in [0.15, 0.2) is 72.9 Å². The van der Waals surface area contributed by atoms with Crippen molar-refractivity contribution in [2.24, 2.45) is 7.05 Å². The first-order valence-corrected chi connectivity index (χ1v) is 10.9. The van der Waals surface area contributed by atoms with E-state index in [1.807, 2.05) is 0 Å². The van der Waals surface area contributed by atoms with Crippen molar-refractivity contribution >= 4 is 10.8 Å². The third-order valence-corrected chi connectivity index (χ3v) is 7.78. The van der Waals surface area contributed by atoms with Crippen molar-refractivity contribution in [3.05, 3.63) is 89.6 Å². The maximum Gasteiger partial charge on any atom is 0.212 e. The average molecular weight is 393 g/mol. The summed E-state index contributed by atoms with van der Waals surface area (Å²) in [7, 11) is 2.13. The predicted octanol–water partition coefficient (Wildman–Crippen LogP) is 6.88. The summed E-state index contributed by atoms with van der Waals surface area (Å²) in [5.74, 6) is 0. The van der Waals surface area contributed by atoms with Gasteiger partial charge in [0.1, 0.15) is 7.05 Å². The number of aromatic nitrogens is 1. The van der Waals surface area contributed by atoms with Crippen LogP contribution in [0.25, 0.3) is 33.2 Å². The van der Waals surface area contributed by atoms with Gasteiger partial charge in [-0.15, -0.1) is 0 Å². The summed E-state index contributed by atoms with van der Waals surface area (Å²) >= 11 is 0. The molecule has 1 aromatic heterocycles. The highest BCUT2D eigenvalue weighted by atomic mass is 14.9. The average Bonchev–Trinajstić information content (AvgIpc) is 2.72. The molecule has 150 valence electrons. The Morgan fingerprint density at radius 2 is 1.20 bits per heavy atom. The molecule has 0 spiro atoms.